The van der Waals surface area contributed by atoms with Gasteiger partial charge in [-0.15, -0.1) is 5.10 Å². The fraction of sp³-hybridized carbons (Fsp3) is 0.533. The van der Waals surface area contributed by atoms with E-state index < -0.39 is 5.60 Å². The lowest BCUT2D eigenvalue weighted by Crippen LogP contribution is -2.45. The molecule has 8 nitrogen and oxygen atoms in total. The average Bonchev–Trinajstić information content (AvgIpc) is 3.21. The minimum Gasteiger partial charge on any atom is -0.386 e. The third kappa shape index (κ3) is 3.51. The molecule has 0 radical (unpaired) electrons. The summed E-state index contributed by atoms with van der Waals surface area (Å²) in [6.45, 7) is 5.14. The summed E-state index contributed by atoms with van der Waals surface area (Å²) in [6.07, 6.45) is 3.89. The van der Waals surface area contributed by atoms with Crippen LogP contribution in [0, 0.1) is 0 Å². The van der Waals surface area contributed by atoms with Crippen LogP contribution in [0.15, 0.2) is 18.5 Å². The Hall–Kier alpha value is -2.13. The van der Waals surface area contributed by atoms with Crippen molar-refractivity contribution in [3.8, 4) is 0 Å². The summed E-state index contributed by atoms with van der Waals surface area (Å²) in [5.74, 6) is 0.481. The van der Waals surface area contributed by atoms with Crippen LogP contribution in [-0.2, 0) is 0 Å². The molecule has 3 heterocycles. The third-order valence-corrected chi connectivity index (χ3v) is 4.75. The van der Waals surface area contributed by atoms with Crippen molar-refractivity contribution in [1.82, 2.24) is 24.9 Å². The number of carbonyl (C=O) groups is 1. The Labute approximate surface area is 144 Å². The highest BCUT2D eigenvalue weighted by atomic mass is 32.1. The number of nitrogens with zero attached hydrogens (tertiary/aromatic N) is 5. The number of amides is 1. The first-order valence-electron chi connectivity index (χ1n) is 7.83. The normalized spacial score (nSPS) is 20.6. The third-order valence-electron chi connectivity index (χ3n) is 4.01. The van der Waals surface area contributed by atoms with Gasteiger partial charge in [0.2, 0.25) is 5.95 Å². The average molecular weight is 348 g/mol. The number of nitrogens with one attached hydrogen (secondary N) is 1. The SMILES string of the molecule is CC(C)c1nnsc1C(=O)NCC1(O)CCN(c2ncccn2)C1. The molecular formula is C15H20N6O2S. The van der Waals surface area contributed by atoms with Crippen LogP contribution in [0.5, 0.6) is 0 Å². The first-order valence-corrected chi connectivity index (χ1v) is 8.61. The van der Waals surface area contributed by atoms with E-state index in [1.165, 1.54) is 0 Å². The molecule has 1 fully saturated rings. The van der Waals surface area contributed by atoms with Gasteiger partial charge < -0.3 is 15.3 Å². The van der Waals surface area contributed by atoms with E-state index in [1.807, 2.05) is 18.7 Å². The quantitative estimate of drug-likeness (QED) is 0.824. The van der Waals surface area contributed by atoms with E-state index in [1.54, 1.807) is 18.5 Å². The van der Waals surface area contributed by atoms with E-state index in [0.29, 0.717) is 36.0 Å². The van der Waals surface area contributed by atoms with Crippen molar-refractivity contribution < 1.29 is 9.90 Å². The van der Waals surface area contributed by atoms with Crippen LogP contribution >= 0.6 is 11.5 Å². The van der Waals surface area contributed by atoms with Gasteiger partial charge in [0.1, 0.15) is 10.5 Å². The van der Waals surface area contributed by atoms with Crippen molar-refractivity contribution in [2.24, 2.45) is 0 Å². The van der Waals surface area contributed by atoms with Crippen molar-refractivity contribution >= 4 is 23.4 Å². The molecule has 9 heteroatoms. The zero-order valence-electron chi connectivity index (χ0n) is 13.6. The maximum atomic E-state index is 12.4. The van der Waals surface area contributed by atoms with Crippen LogP contribution in [0.4, 0.5) is 5.95 Å². The van der Waals surface area contributed by atoms with Gasteiger partial charge in [0.25, 0.3) is 5.91 Å². The van der Waals surface area contributed by atoms with Crippen molar-refractivity contribution in [3.63, 3.8) is 0 Å². The summed E-state index contributed by atoms with van der Waals surface area (Å²) in [5, 5.41) is 17.5. The van der Waals surface area contributed by atoms with Crippen molar-refractivity contribution in [1.29, 1.82) is 0 Å². The lowest BCUT2D eigenvalue weighted by atomic mass is 10.0. The molecule has 3 rings (SSSR count). The topological polar surface area (TPSA) is 104 Å². The minimum atomic E-state index is -0.995. The van der Waals surface area contributed by atoms with E-state index in [9.17, 15) is 9.90 Å². The number of carbonyl (C=O) groups excluding carboxylic acids is 1. The maximum Gasteiger partial charge on any atom is 0.265 e. The van der Waals surface area contributed by atoms with Gasteiger partial charge >= 0.3 is 0 Å². The van der Waals surface area contributed by atoms with Crippen LogP contribution in [-0.4, -0.2) is 55.8 Å². The molecule has 1 aliphatic heterocycles. The van der Waals surface area contributed by atoms with Gasteiger partial charge in [-0.2, -0.15) is 0 Å². The van der Waals surface area contributed by atoms with Crippen LogP contribution in [0.25, 0.3) is 0 Å². The number of aromatic nitrogens is 4. The summed E-state index contributed by atoms with van der Waals surface area (Å²) >= 11 is 1.08. The van der Waals surface area contributed by atoms with E-state index in [4.69, 9.17) is 0 Å². The van der Waals surface area contributed by atoms with Gasteiger partial charge in [0.05, 0.1) is 12.2 Å². The number of hydrogen-bond donors (Lipinski definition) is 2. The van der Waals surface area contributed by atoms with Gasteiger partial charge in [-0.05, 0) is 29.9 Å². The van der Waals surface area contributed by atoms with E-state index in [0.717, 1.165) is 11.5 Å². The fourth-order valence-electron chi connectivity index (χ4n) is 2.68. The molecule has 1 aliphatic rings. The molecule has 2 aromatic rings. The van der Waals surface area contributed by atoms with Crippen LogP contribution in [0.2, 0.25) is 0 Å². The van der Waals surface area contributed by atoms with Gasteiger partial charge in [-0.25, -0.2) is 9.97 Å². The fourth-order valence-corrected chi connectivity index (χ4v) is 3.42. The molecule has 24 heavy (non-hydrogen) atoms. The van der Waals surface area contributed by atoms with E-state index in [2.05, 4.69) is 24.9 Å². The number of rotatable bonds is 5. The summed E-state index contributed by atoms with van der Waals surface area (Å²) in [7, 11) is 0. The lowest BCUT2D eigenvalue weighted by Gasteiger charge is -2.23. The number of hydrogen-bond acceptors (Lipinski definition) is 8. The molecule has 1 saturated heterocycles. The van der Waals surface area contributed by atoms with E-state index in [-0.39, 0.29) is 18.4 Å². The zero-order chi connectivity index (χ0) is 17.2. The van der Waals surface area contributed by atoms with E-state index >= 15 is 0 Å². The zero-order valence-corrected chi connectivity index (χ0v) is 14.5. The Kier molecular flexibility index (Phi) is 4.72. The van der Waals surface area contributed by atoms with Crippen molar-refractivity contribution in [2.45, 2.75) is 31.8 Å². The maximum absolute atomic E-state index is 12.4. The molecule has 2 aromatic heterocycles. The number of β-amino-alcohol motifs (C(OH)–C–C–N with tert-alkyl or cyclic N) is 1. The highest BCUT2D eigenvalue weighted by Gasteiger charge is 2.37. The molecule has 0 saturated carbocycles. The van der Waals surface area contributed by atoms with Crippen molar-refractivity contribution in [3.05, 3.63) is 29.0 Å². The van der Waals surface area contributed by atoms with Gasteiger partial charge in [0, 0.05) is 25.5 Å². The Morgan fingerprint density at radius 1 is 1.46 bits per heavy atom. The second-order valence-corrected chi connectivity index (χ2v) is 7.02. The standard InChI is InChI=1S/C15H20N6O2S/c1-10(2)11-12(24-20-19-11)13(22)18-8-15(23)4-7-21(9-15)14-16-5-3-6-17-14/h3,5-6,10,23H,4,7-9H2,1-2H3,(H,18,22). The first-order chi connectivity index (χ1) is 11.5. The Morgan fingerprint density at radius 3 is 2.92 bits per heavy atom. The molecule has 0 spiro atoms. The van der Waals surface area contributed by atoms with Crippen molar-refractivity contribution in [2.75, 3.05) is 24.5 Å². The smallest absolute Gasteiger partial charge is 0.265 e. The summed E-state index contributed by atoms with van der Waals surface area (Å²) in [5.41, 5.74) is -0.305. The molecule has 0 aliphatic carbocycles. The molecular weight excluding hydrogens is 328 g/mol. The number of aliphatic hydroxyl groups is 1. The summed E-state index contributed by atoms with van der Waals surface area (Å²) in [4.78, 5) is 23.2. The Bertz CT molecular complexity index is 707. The molecule has 0 aromatic carbocycles. The predicted octanol–water partition coefficient (Wildman–Crippen LogP) is 0.823. The second kappa shape index (κ2) is 6.78. The van der Waals surface area contributed by atoms with Crippen LogP contribution < -0.4 is 10.2 Å². The van der Waals surface area contributed by atoms with Gasteiger partial charge in [-0.1, -0.05) is 18.3 Å². The van der Waals surface area contributed by atoms with Crippen LogP contribution in [0.3, 0.4) is 0 Å². The largest absolute Gasteiger partial charge is 0.386 e. The second-order valence-electron chi connectivity index (χ2n) is 6.27. The predicted molar refractivity (Wildman–Crippen MR) is 90.1 cm³/mol. The van der Waals surface area contributed by atoms with Gasteiger partial charge in [-0.3, -0.25) is 4.79 Å². The lowest BCUT2D eigenvalue weighted by molar-refractivity contribution is 0.0576. The molecule has 1 atom stereocenters. The molecule has 1 amide bonds. The van der Waals surface area contributed by atoms with Crippen LogP contribution in [0.1, 0.15) is 41.6 Å². The molecule has 2 N–H and O–H groups in total. The molecule has 128 valence electrons. The first kappa shape index (κ1) is 16.7. The summed E-state index contributed by atoms with van der Waals surface area (Å²) < 4.78 is 3.86. The Morgan fingerprint density at radius 2 is 2.21 bits per heavy atom. The highest BCUT2D eigenvalue weighted by molar-refractivity contribution is 7.08. The minimum absolute atomic E-state index is 0.129. The monoisotopic (exact) mass is 348 g/mol. The van der Waals surface area contributed by atoms with Gasteiger partial charge in [0.15, 0.2) is 0 Å². The Balaban J connectivity index is 1.60. The molecule has 0 bridgehead atoms. The summed E-state index contributed by atoms with van der Waals surface area (Å²) in [6, 6.07) is 1.75. The molecule has 1 unspecified atom stereocenters. The number of anilines is 1. The highest BCUT2D eigenvalue weighted by Crippen LogP contribution is 2.24.